The topological polar surface area (TPSA) is 89.3 Å². The fourth-order valence-electron chi connectivity index (χ4n) is 3.92. The molecular weight excluding hydrogens is 461 g/mol. The number of hydrogen-bond donors (Lipinski definition) is 1. The number of nitrogens with zero attached hydrogens (tertiary/aromatic N) is 4. The molecule has 4 rings (SSSR count). The Kier molecular flexibility index (Phi) is 6.65. The first-order chi connectivity index (χ1) is 16.3. The lowest BCUT2D eigenvalue weighted by Crippen LogP contribution is -2.41. The summed E-state index contributed by atoms with van der Waals surface area (Å²) in [4.78, 5) is 32.0. The van der Waals surface area contributed by atoms with E-state index >= 15 is 0 Å². The van der Waals surface area contributed by atoms with E-state index in [0.717, 1.165) is 5.56 Å². The lowest BCUT2D eigenvalue weighted by atomic mass is 9.95. The molecule has 0 bridgehead atoms. The van der Waals surface area contributed by atoms with Gasteiger partial charge in [0.15, 0.2) is 0 Å². The normalized spacial score (nSPS) is 15.2. The van der Waals surface area contributed by atoms with Gasteiger partial charge in [-0.1, -0.05) is 29.8 Å². The van der Waals surface area contributed by atoms with Crippen LogP contribution in [0.2, 0.25) is 5.02 Å². The Hall–Kier alpha value is -3.72. The number of allylic oxidation sites excluding steroid dienone is 1. The average molecular weight is 484 g/mol. The van der Waals surface area contributed by atoms with Crippen molar-refractivity contribution in [3.8, 4) is 0 Å². The molecule has 0 unspecified atom stereocenters. The Bertz CT molecular complexity index is 1270. The van der Waals surface area contributed by atoms with Gasteiger partial charge in [0.05, 0.1) is 12.2 Å². The molecule has 8 nitrogen and oxygen atoms in total. The number of halogens is 2. The van der Waals surface area contributed by atoms with Crippen molar-refractivity contribution in [2.75, 3.05) is 23.4 Å². The van der Waals surface area contributed by atoms with E-state index in [1.807, 2.05) is 6.92 Å². The van der Waals surface area contributed by atoms with E-state index in [1.54, 1.807) is 49.1 Å². The summed E-state index contributed by atoms with van der Waals surface area (Å²) < 4.78 is 20.4. The number of ether oxygens (including phenoxy) is 1. The second-order valence-corrected chi connectivity index (χ2v) is 8.13. The molecule has 2 aromatic carbocycles. The maximum atomic E-state index is 13.6. The average Bonchev–Trinajstić information content (AvgIpc) is 3.29. The Morgan fingerprint density at radius 3 is 2.62 bits per heavy atom. The number of anilines is 2. The molecule has 1 aliphatic rings. The Morgan fingerprint density at radius 1 is 1.18 bits per heavy atom. The van der Waals surface area contributed by atoms with Crippen LogP contribution in [0.4, 0.5) is 16.0 Å². The number of aromatic nitrogens is 3. The molecule has 34 heavy (non-hydrogen) atoms. The maximum absolute atomic E-state index is 13.6. The van der Waals surface area contributed by atoms with E-state index < -0.39 is 17.8 Å². The van der Waals surface area contributed by atoms with Crippen molar-refractivity contribution < 1.29 is 18.7 Å². The molecule has 0 saturated carbocycles. The van der Waals surface area contributed by atoms with Gasteiger partial charge in [-0.3, -0.25) is 4.79 Å². The third-order valence-corrected chi connectivity index (χ3v) is 6.04. The third kappa shape index (κ3) is 4.38. The highest BCUT2D eigenvalue weighted by Gasteiger charge is 2.38. The van der Waals surface area contributed by atoms with E-state index in [-0.39, 0.29) is 24.6 Å². The summed E-state index contributed by atoms with van der Waals surface area (Å²) in [5.41, 5.74) is 2.75. The number of carbonyl (C=O) groups excluding carboxylic acids is 2. The first kappa shape index (κ1) is 23.4. The maximum Gasteiger partial charge on any atom is 0.338 e. The van der Waals surface area contributed by atoms with Crippen LogP contribution in [0, 0.1) is 12.7 Å². The summed E-state index contributed by atoms with van der Waals surface area (Å²) in [6.07, 6.45) is 1.35. The predicted molar refractivity (Wildman–Crippen MR) is 126 cm³/mol. The van der Waals surface area contributed by atoms with Gasteiger partial charge in [-0.15, -0.1) is 0 Å². The second kappa shape index (κ2) is 9.64. The molecule has 0 radical (unpaired) electrons. The summed E-state index contributed by atoms with van der Waals surface area (Å²) in [6.45, 7) is 5.29. The number of rotatable bonds is 6. The van der Waals surface area contributed by atoms with Crippen LogP contribution in [0.1, 0.15) is 31.0 Å². The summed E-state index contributed by atoms with van der Waals surface area (Å²) in [7, 11) is 0. The SMILES string of the molecule is CCOC(=O)C1=C(C)N(CC(=O)Nc2cccc(Cl)c2C)c2ncnn2[C@@H]1c1ccc(F)cc1. The van der Waals surface area contributed by atoms with Crippen molar-refractivity contribution in [3.63, 3.8) is 0 Å². The molecule has 0 fully saturated rings. The zero-order chi connectivity index (χ0) is 24.4. The molecule has 0 spiro atoms. The van der Waals surface area contributed by atoms with Gasteiger partial charge in [-0.2, -0.15) is 10.1 Å². The standard InChI is InChI=1S/C24H23ClFN5O3/c1-4-34-23(33)21-15(3)30(12-20(32)29-19-7-5-6-18(25)14(19)2)24-27-13-28-31(24)22(21)16-8-10-17(26)11-9-16/h5-11,13,22H,4,12H2,1-3H3,(H,29,32)/t22-/m1/s1. The molecule has 1 aromatic heterocycles. The van der Waals surface area contributed by atoms with Crippen molar-refractivity contribution in [1.82, 2.24) is 14.8 Å². The number of carbonyl (C=O) groups is 2. The molecule has 3 aromatic rings. The van der Waals surface area contributed by atoms with Gasteiger partial charge in [0, 0.05) is 16.4 Å². The smallest absolute Gasteiger partial charge is 0.338 e. The highest BCUT2D eigenvalue weighted by molar-refractivity contribution is 6.31. The first-order valence-electron chi connectivity index (χ1n) is 10.7. The number of esters is 1. The quantitative estimate of drug-likeness (QED) is 0.527. The molecule has 1 atom stereocenters. The van der Waals surface area contributed by atoms with E-state index in [1.165, 1.54) is 23.1 Å². The largest absolute Gasteiger partial charge is 0.463 e. The van der Waals surface area contributed by atoms with Crippen LogP contribution in [-0.4, -0.2) is 39.8 Å². The minimum Gasteiger partial charge on any atom is -0.463 e. The van der Waals surface area contributed by atoms with Crippen LogP contribution >= 0.6 is 11.6 Å². The minimum atomic E-state index is -0.688. The van der Waals surface area contributed by atoms with Crippen molar-refractivity contribution >= 4 is 35.1 Å². The Morgan fingerprint density at radius 2 is 1.91 bits per heavy atom. The summed E-state index contributed by atoms with van der Waals surface area (Å²) in [5.74, 6) is -0.904. The van der Waals surface area contributed by atoms with Crippen LogP contribution in [0.5, 0.6) is 0 Å². The monoisotopic (exact) mass is 483 g/mol. The molecule has 1 N–H and O–H groups in total. The third-order valence-electron chi connectivity index (χ3n) is 5.63. The Labute approximate surface area is 201 Å². The number of hydrogen-bond acceptors (Lipinski definition) is 6. The van der Waals surface area contributed by atoms with E-state index in [2.05, 4.69) is 15.4 Å². The molecule has 10 heteroatoms. The van der Waals surface area contributed by atoms with Gasteiger partial charge in [0.25, 0.3) is 0 Å². The van der Waals surface area contributed by atoms with Crippen LogP contribution in [0.15, 0.2) is 60.1 Å². The van der Waals surface area contributed by atoms with Gasteiger partial charge >= 0.3 is 5.97 Å². The fraction of sp³-hybridized carbons (Fsp3) is 0.250. The molecule has 2 heterocycles. The highest BCUT2D eigenvalue weighted by Crippen LogP contribution is 2.38. The minimum absolute atomic E-state index is 0.129. The van der Waals surface area contributed by atoms with Gasteiger partial charge in [-0.05, 0) is 56.2 Å². The number of amides is 1. The first-order valence-corrected chi connectivity index (χ1v) is 11.0. The van der Waals surface area contributed by atoms with Crippen LogP contribution in [-0.2, 0) is 14.3 Å². The van der Waals surface area contributed by atoms with Crippen LogP contribution in [0.3, 0.4) is 0 Å². The zero-order valence-corrected chi connectivity index (χ0v) is 19.6. The van der Waals surface area contributed by atoms with Crippen molar-refractivity contribution in [1.29, 1.82) is 0 Å². The van der Waals surface area contributed by atoms with Gasteiger partial charge in [0.2, 0.25) is 11.9 Å². The molecule has 1 aliphatic heterocycles. The molecule has 176 valence electrons. The van der Waals surface area contributed by atoms with Crippen LogP contribution in [0.25, 0.3) is 0 Å². The van der Waals surface area contributed by atoms with Gasteiger partial charge < -0.3 is 15.0 Å². The number of fused-ring (bicyclic) bond motifs is 1. The van der Waals surface area contributed by atoms with Crippen molar-refractivity contribution in [3.05, 3.63) is 82.0 Å². The van der Waals surface area contributed by atoms with Crippen molar-refractivity contribution in [2.45, 2.75) is 26.8 Å². The second-order valence-electron chi connectivity index (χ2n) is 7.72. The predicted octanol–water partition coefficient (Wildman–Crippen LogP) is 4.26. The van der Waals surface area contributed by atoms with Gasteiger partial charge in [-0.25, -0.2) is 13.9 Å². The summed E-state index contributed by atoms with van der Waals surface area (Å²) in [6, 6.07) is 10.4. The lowest BCUT2D eigenvalue weighted by molar-refractivity contribution is -0.139. The van der Waals surface area contributed by atoms with E-state index in [0.29, 0.717) is 27.9 Å². The van der Waals surface area contributed by atoms with E-state index in [4.69, 9.17) is 16.3 Å². The molecule has 1 amide bonds. The summed E-state index contributed by atoms with van der Waals surface area (Å²) in [5, 5.41) is 7.71. The van der Waals surface area contributed by atoms with E-state index in [9.17, 15) is 14.0 Å². The zero-order valence-electron chi connectivity index (χ0n) is 18.9. The summed E-state index contributed by atoms with van der Waals surface area (Å²) >= 11 is 6.17. The van der Waals surface area contributed by atoms with Crippen molar-refractivity contribution in [2.24, 2.45) is 0 Å². The molecule has 0 aliphatic carbocycles. The molecule has 0 saturated heterocycles. The fourth-order valence-corrected chi connectivity index (χ4v) is 4.10. The molecular formula is C24H23ClFN5O3. The Balaban J connectivity index is 1.73. The number of benzene rings is 2. The number of nitrogens with one attached hydrogen (secondary N) is 1. The van der Waals surface area contributed by atoms with Gasteiger partial charge in [0.1, 0.15) is 24.7 Å². The highest BCUT2D eigenvalue weighted by atomic mass is 35.5. The lowest BCUT2D eigenvalue weighted by Gasteiger charge is -2.35. The van der Waals surface area contributed by atoms with Crippen LogP contribution < -0.4 is 10.2 Å².